The highest BCUT2D eigenvalue weighted by atomic mass is 35.5. The molecule has 1 unspecified atom stereocenters. The minimum absolute atomic E-state index is 0. The number of halogens is 1. The summed E-state index contributed by atoms with van der Waals surface area (Å²) in [4.78, 5) is 40.4. The number of nitrogens with zero attached hydrogens (tertiary/aromatic N) is 2. The molecular formula is C23H27ClN4O4. The van der Waals surface area contributed by atoms with E-state index in [1.165, 1.54) is 0 Å². The molecule has 0 saturated carbocycles. The molecule has 2 amide bonds. The van der Waals surface area contributed by atoms with Gasteiger partial charge in [0, 0.05) is 61.3 Å². The zero-order chi connectivity index (χ0) is 22.0. The summed E-state index contributed by atoms with van der Waals surface area (Å²) < 4.78 is 0. The van der Waals surface area contributed by atoms with Gasteiger partial charge in [0.2, 0.25) is 0 Å². The van der Waals surface area contributed by atoms with Gasteiger partial charge in [0.15, 0.2) is 0 Å². The van der Waals surface area contributed by atoms with Gasteiger partial charge in [-0.25, -0.2) is 0 Å². The Morgan fingerprint density at radius 1 is 1.16 bits per heavy atom. The quantitative estimate of drug-likeness (QED) is 0.615. The van der Waals surface area contributed by atoms with E-state index in [2.05, 4.69) is 15.5 Å². The van der Waals surface area contributed by atoms with Crippen LogP contribution in [0.25, 0.3) is 0 Å². The van der Waals surface area contributed by atoms with Crippen LogP contribution in [0.5, 0.6) is 0 Å². The van der Waals surface area contributed by atoms with Crippen LogP contribution < -0.4 is 15.5 Å². The van der Waals surface area contributed by atoms with Crippen LogP contribution in [0, 0.1) is 0 Å². The second-order valence-corrected chi connectivity index (χ2v) is 7.99. The molecule has 2 aromatic rings. The molecule has 1 atom stereocenters. The minimum Gasteiger partial charge on any atom is -0.481 e. The number of piperazine rings is 1. The number of hydrogen-bond acceptors (Lipinski definition) is 5. The highest BCUT2D eigenvalue weighted by Crippen LogP contribution is 2.28. The van der Waals surface area contributed by atoms with Gasteiger partial charge in [0.25, 0.3) is 11.8 Å². The van der Waals surface area contributed by atoms with E-state index in [1.54, 1.807) is 30.0 Å². The lowest BCUT2D eigenvalue weighted by molar-refractivity contribution is -0.138. The maximum atomic E-state index is 12.8. The summed E-state index contributed by atoms with van der Waals surface area (Å²) in [6, 6.07) is 12.4. The van der Waals surface area contributed by atoms with Crippen LogP contribution in [0.4, 0.5) is 11.4 Å². The van der Waals surface area contributed by atoms with Crippen LogP contribution >= 0.6 is 12.4 Å². The molecule has 1 fully saturated rings. The topological polar surface area (TPSA) is 102 Å². The van der Waals surface area contributed by atoms with Crippen molar-refractivity contribution in [1.82, 2.24) is 10.2 Å². The van der Waals surface area contributed by atoms with Crippen molar-refractivity contribution in [3.63, 3.8) is 0 Å². The first-order valence-corrected chi connectivity index (χ1v) is 10.4. The van der Waals surface area contributed by atoms with Gasteiger partial charge in [-0.05, 0) is 42.8 Å². The molecule has 2 heterocycles. The van der Waals surface area contributed by atoms with E-state index in [9.17, 15) is 14.4 Å². The van der Waals surface area contributed by atoms with Gasteiger partial charge in [-0.15, -0.1) is 12.4 Å². The Balaban J connectivity index is 0.00000289. The lowest BCUT2D eigenvalue weighted by Crippen LogP contribution is -2.43. The van der Waals surface area contributed by atoms with Crippen molar-refractivity contribution in [3.8, 4) is 0 Å². The third-order valence-corrected chi connectivity index (χ3v) is 5.79. The smallest absolute Gasteiger partial charge is 0.305 e. The number of carbonyl (C=O) groups is 3. The maximum Gasteiger partial charge on any atom is 0.305 e. The summed E-state index contributed by atoms with van der Waals surface area (Å²) >= 11 is 0. The van der Waals surface area contributed by atoms with Gasteiger partial charge in [0.05, 0.1) is 6.42 Å². The van der Waals surface area contributed by atoms with E-state index >= 15 is 0 Å². The number of fused-ring (bicyclic) bond motifs is 1. The zero-order valence-electron chi connectivity index (χ0n) is 17.8. The molecular weight excluding hydrogens is 432 g/mol. The fourth-order valence-corrected chi connectivity index (χ4v) is 4.09. The third kappa shape index (κ3) is 5.03. The molecule has 170 valence electrons. The van der Waals surface area contributed by atoms with Gasteiger partial charge in [0.1, 0.15) is 0 Å². The number of hydrogen-bond donors (Lipinski definition) is 3. The third-order valence-electron chi connectivity index (χ3n) is 5.79. The molecule has 32 heavy (non-hydrogen) atoms. The van der Waals surface area contributed by atoms with Crippen molar-refractivity contribution in [2.75, 3.05) is 36.4 Å². The maximum absolute atomic E-state index is 12.8. The van der Waals surface area contributed by atoms with E-state index in [0.717, 1.165) is 37.4 Å². The molecule has 0 bridgehead atoms. The molecule has 0 radical (unpaired) electrons. The summed E-state index contributed by atoms with van der Waals surface area (Å²) in [7, 11) is 0. The lowest BCUT2D eigenvalue weighted by Gasteiger charge is -2.29. The number of amides is 2. The molecule has 2 aliphatic rings. The Morgan fingerprint density at radius 3 is 2.62 bits per heavy atom. The predicted octanol–water partition coefficient (Wildman–Crippen LogP) is 2.59. The Kier molecular flexibility index (Phi) is 7.37. The Bertz CT molecular complexity index is 1020. The molecule has 4 rings (SSSR count). The summed E-state index contributed by atoms with van der Waals surface area (Å²) in [5.41, 5.74) is 3.45. The monoisotopic (exact) mass is 458 g/mol. The Hall–Kier alpha value is -3.10. The van der Waals surface area contributed by atoms with Gasteiger partial charge in [-0.2, -0.15) is 0 Å². The fourth-order valence-electron chi connectivity index (χ4n) is 4.09. The van der Waals surface area contributed by atoms with E-state index in [-0.39, 0.29) is 30.6 Å². The first-order chi connectivity index (χ1) is 14.9. The second kappa shape index (κ2) is 10.0. The highest BCUT2D eigenvalue weighted by molar-refractivity contribution is 6.06. The van der Waals surface area contributed by atoms with Crippen LogP contribution in [0.1, 0.15) is 39.6 Å². The van der Waals surface area contributed by atoms with E-state index in [4.69, 9.17) is 5.11 Å². The van der Waals surface area contributed by atoms with Crippen LogP contribution in [0.2, 0.25) is 0 Å². The molecule has 9 heteroatoms. The molecule has 3 N–H and O–H groups in total. The summed E-state index contributed by atoms with van der Waals surface area (Å²) in [5, 5.41) is 15.2. The number of carboxylic acids is 1. The first-order valence-electron chi connectivity index (χ1n) is 10.4. The van der Waals surface area contributed by atoms with Crippen LogP contribution in [-0.4, -0.2) is 60.0 Å². The van der Waals surface area contributed by atoms with Crippen molar-refractivity contribution in [1.29, 1.82) is 0 Å². The number of anilines is 2. The molecule has 8 nitrogen and oxygen atoms in total. The summed E-state index contributed by atoms with van der Waals surface area (Å²) in [6.45, 7) is 5.74. The second-order valence-electron chi connectivity index (χ2n) is 7.99. The largest absolute Gasteiger partial charge is 0.481 e. The number of benzene rings is 2. The fraction of sp³-hybridized carbons (Fsp3) is 0.348. The number of carbonyl (C=O) groups excluding carboxylic acids is 2. The number of carboxylic acid groups (broad SMARTS) is 1. The molecule has 0 aliphatic carbocycles. The first kappa shape index (κ1) is 23.6. The molecule has 2 aliphatic heterocycles. The molecule has 1 saturated heterocycles. The van der Waals surface area contributed by atoms with E-state index in [0.29, 0.717) is 23.4 Å². The number of nitrogens with one attached hydrogen (secondary N) is 2. The number of aliphatic carboxylic acids is 1. The van der Waals surface area contributed by atoms with Gasteiger partial charge in [-0.1, -0.05) is 12.1 Å². The normalized spacial score (nSPS) is 16.2. The van der Waals surface area contributed by atoms with Crippen LogP contribution in [-0.2, 0) is 11.3 Å². The standard InChI is InChI=1S/C23H26N4O4.ClH/c1-15(11-21(28)29)27-14-17-5-6-18(13-20(17)23(27)31)25-22(30)16-3-2-4-19(12-16)26-9-7-24-8-10-26;/h2-6,12-13,15,24H,7-11,14H2,1H3,(H,25,30)(H,28,29);1H. The van der Waals surface area contributed by atoms with Crippen LogP contribution in [0.15, 0.2) is 42.5 Å². The summed E-state index contributed by atoms with van der Waals surface area (Å²) in [6.07, 6.45) is -0.104. The van der Waals surface area contributed by atoms with Crippen molar-refractivity contribution in [2.24, 2.45) is 0 Å². The average Bonchev–Trinajstić information content (AvgIpc) is 3.10. The number of rotatable bonds is 6. The van der Waals surface area contributed by atoms with Crippen LogP contribution in [0.3, 0.4) is 0 Å². The van der Waals surface area contributed by atoms with Gasteiger partial charge < -0.3 is 25.5 Å². The minimum atomic E-state index is -0.938. The lowest BCUT2D eigenvalue weighted by atomic mass is 10.1. The van der Waals surface area contributed by atoms with E-state index < -0.39 is 12.0 Å². The molecule has 0 spiro atoms. The predicted molar refractivity (Wildman–Crippen MR) is 125 cm³/mol. The SMILES string of the molecule is CC(CC(=O)O)N1Cc2ccc(NC(=O)c3cccc(N4CCNCC4)c3)cc2C1=O.Cl. The van der Waals surface area contributed by atoms with E-state index in [1.807, 2.05) is 24.3 Å². The van der Waals surface area contributed by atoms with Crippen molar-refractivity contribution in [2.45, 2.75) is 25.9 Å². The Morgan fingerprint density at radius 2 is 1.91 bits per heavy atom. The van der Waals surface area contributed by atoms with Crippen molar-refractivity contribution < 1.29 is 19.5 Å². The van der Waals surface area contributed by atoms with Gasteiger partial charge >= 0.3 is 5.97 Å². The molecule has 0 aromatic heterocycles. The van der Waals surface area contributed by atoms with Crippen molar-refractivity contribution >= 4 is 41.6 Å². The van der Waals surface area contributed by atoms with Gasteiger partial charge in [-0.3, -0.25) is 14.4 Å². The zero-order valence-corrected chi connectivity index (χ0v) is 18.7. The average molecular weight is 459 g/mol. The highest BCUT2D eigenvalue weighted by Gasteiger charge is 2.31. The summed E-state index contributed by atoms with van der Waals surface area (Å²) in [5.74, 6) is -1.38. The van der Waals surface area contributed by atoms with Crippen molar-refractivity contribution in [3.05, 3.63) is 59.2 Å². The Labute approximate surface area is 193 Å². The molecule has 2 aromatic carbocycles.